The molecular weight excluding hydrogens is 228 g/mol. The first-order valence-electron chi connectivity index (χ1n) is 5.90. The molecule has 0 aliphatic carbocycles. The first kappa shape index (κ1) is 12.4. The summed E-state index contributed by atoms with van der Waals surface area (Å²) in [6, 6.07) is 5.88. The molecule has 0 saturated carbocycles. The molecule has 0 unspecified atom stereocenters. The SMILES string of the molecule is Cc1cccc(NC(=O)CCc2cocn2)c1C. The van der Waals surface area contributed by atoms with Gasteiger partial charge in [0.2, 0.25) is 5.91 Å². The molecule has 1 amide bonds. The molecule has 0 saturated heterocycles. The Morgan fingerprint density at radius 1 is 1.39 bits per heavy atom. The van der Waals surface area contributed by atoms with Crippen molar-refractivity contribution < 1.29 is 9.21 Å². The molecule has 1 aromatic heterocycles. The van der Waals surface area contributed by atoms with Crippen LogP contribution in [-0.4, -0.2) is 10.9 Å². The maximum absolute atomic E-state index is 11.8. The topological polar surface area (TPSA) is 55.1 Å². The highest BCUT2D eigenvalue weighted by molar-refractivity contribution is 5.91. The number of nitrogens with one attached hydrogen (secondary N) is 1. The average Bonchev–Trinajstić information content (AvgIpc) is 2.86. The lowest BCUT2D eigenvalue weighted by Gasteiger charge is -2.09. The smallest absolute Gasteiger partial charge is 0.224 e. The Morgan fingerprint density at radius 3 is 2.94 bits per heavy atom. The molecule has 0 radical (unpaired) electrons. The van der Waals surface area contributed by atoms with Gasteiger partial charge in [-0.25, -0.2) is 4.98 Å². The summed E-state index contributed by atoms with van der Waals surface area (Å²) in [5, 5.41) is 2.92. The lowest BCUT2D eigenvalue weighted by Crippen LogP contribution is -2.13. The van der Waals surface area contributed by atoms with Gasteiger partial charge in [0.25, 0.3) is 0 Å². The molecule has 0 aliphatic heterocycles. The fourth-order valence-corrected chi connectivity index (χ4v) is 1.70. The van der Waals surface area contributed by atoms with Gasteiger partial charge in [-0.3, -0.25) is 4.79 Å². The zero-order valence-corrected chi connectivity index (χ0v) is 10.6. The number of hydrogen-bond donors (Lipinski definition) is 1. The van der Waals surface area contributed by atoms with Crippen molar-refractivity contribution >= 4 is 11.6 Å². The van der Waals surface area contributed by atoms with E-state index in [2.05, 4.69) is 10.3 Å². The van der Waals surface area contributed by atoms with E-state index in [1.807, 2.05) is 32.0 Å². The fourth-order valence-electron chi connectivity index (χ4n) is 1.70. The summed E-state index contributed by atoms with van der Waals surface area (Å²) < 4.78 is 4.86. The largest absolute Gasteiger partial charge is 0.451 e. The number of aromatic nitrogens is 1. The van der Waals surface area contributed by atoms with Crippen LogP contribution in [0.2, 0.25) is 0 Å². The lowest BCUT2D eigenvalue weighted by molar-refractivity contribution is -0.116. The maximum Gasteiger partial charge on any atom is 0.224 e. The molecular formula is C14H16N2O2. The lowest BCUT2D eigenvalue weighted by atomic mass is 10.1. The maximum atomic E-state index is 11.8. The van der Waals surface area contributed by atoms with E-state index in [4.69, 9.17) is 4.42 Å². The summed E-state index contributed by atoms with van der Waals surface area (Å²) in [7, 11) is 0. The summed E-state index contributed by atoms with van der Waals surface area (Å²) in [5.74, 6) is -0.00769. The predicted molar refractivity (Wildman–Crippen MR) is 69.4 cm³/mol. The van der Waals surface area contributed by atoms with Crippen LogP contribution >= 0.6 is 0 Å². The molecule has 4 nitrogen and oxygen atoms in total. The minimum absolute atomic E-state index is 0.00769. The minimum atomic E-state index is -0.00769. The van der Waals surface area contributed by atoms with Gasteiger partial charge in [0.05, 0.1) is 5.69 Å². The number of benzene rings is 1. The van der Waals surface area contributed by atoms with E-state index < -0.39 is 0 Å². The highest BCUT2D eigenvalue weighted by Crippen LogP contribution is 2.18. The normalized spacial score (nSPS) is 10.3. The van der Waals surface area contributed by atoms with Gasteiger partial charge in [-0.1, -0.05) is 12.1 Å². The number of carbonyl (C=O) groups is 1. The standard InChI is InChI=1S/C14H16N2O2/c1-10-4-3-5-13(11(10)2)16-14(17)7-6-12-8-18-9-15-12/h3-5,8-9H,6-7H2,1-2H3,(H,16,17). The van der Waals surface area contributed by atoms with Crippen molar-refractivity contribution in [3.05, 3.63) is 47.7 Å². The summed E-state index contributed by atoms with van der Waals surface area (Å²) in [4.78, 5) is 15.8. The predicted octanol–water partition coefficient (Wildman–Crippen LogP) is 2.86. The van der Waals surface area contributed by atoms with Crippen molar-refractivity contribution in [2.24, 2.45) is 0 Å². The third-order valence-corrected chi connectivity index (χ3v) is 2.97. The number of anilines is 1. The van der Waals surface area contributed by atoms with E-state index in [-0.39, 0.29) is 5.91 Å². The molecule has 0 bridgehead atoms. The van der Waals surface area contributed by atoms with Crippen molar-refractivity contribution in [1.82, 2.24) is 4.98 Å². The molecule has 0 aliphatic rings. The van der Waals surface area contributed by atoms with E-state index in [1.165, 1.54) is 12.0 Å². The second-order valence-corrected chi connectivity index (χ2v) is 4.28. The summed E-state index contributed by atoms with van der Waals surface area (Å²) in [5.41, 5.74) is 3.95. The second-order valence-electron chi connectivity index (χ2n) is 4.28. The molecule has 1 aromatic carbocycles. The van der Waals surface area contributed by atoms with Crippen LogP contribution in [0.15, 0.2) is 35.3 Å². The van der Waals surface area contributed by atoms with Crippen molar-refractivity contribution in [2.45, 2.75) is 26.7 Å². The first-order chi connectivity index (χ1) is 8.66. The monoisotopic (exact) mass is 244 g/mol. The minimum Gasteiger partial charge on any atom is -0.451 e. The third-order valence-electron chi connectivity index (χ3n) is 2.97. The number of carbonyl (C=O) groups excluding carboxylic acids is 1. The van der Waals surface area contributed by atoms with Gasteiger partial charge >= 0.3 is 0 Å². The quantitative estimate of drug-likeness (QED) is 0.899. The van der Waals surface area contributed by atoms with E-state index in [0.717, 1.165) is 16.9 Å². The Kier molecular flexibility index (Phi) is 3.77. The second kappa shape index (κ2) is 5.49. The van der Waals surface area contributed by atoms with Crippen LogP contribution in [0, 0.1) is 13.8 Å². The Balaban J connectivity index is 1.93. The zero-order chi connectivity index (χ0) is 13.0. The van der Waals surface area contributed by atoms with Crippen LogP contribution in [0.5, 0.6) is 0 Å². The molecule has 2 rings (SSSR count). The van der Waals surface area contributed by atoms with Crippen LogP contribution in [0.3, 0.4) is 0 Å². The molecule has 94 valence electrons. The molecule has 0 fully saturated rings. The Bertz CT molecular complexity index is 533. The molecule has 0 atom stereocenters. The van der Waals surface area contributed by atoms with Crippen LogP contribution in [0.4, 0.5) is 5.69 Å². The van der Waals surface area contributed by atoms with Crippen LogP contribution in [0.1, 0.15) is 23.2 Å². The highest BCUT2D eigenvalue weighted by atomic mass is 16.3. The van der Waals surface area contributed by atoms with Gasteiger partial charge < -0.3 is 9.73 Å². The number of nitrogens with zero attached hydrogens (tertiary/aromatic N) is 1. The van der Waals surface area contributed by atoms with Crippen LogP contribution < -0.4 is 5.32 Å². The summed E-state index contributed by atoms with van der Waals surface area (Å²) >= 11 is 0. The number of aryl methyl sites for hydroxylation is 2. The van der Waals surface area contributed by atoms with Crippen LogP contribution in [0.25, 0.3) is 0 Å². The first-order valence-corrected chi connectivity index (χ1v) is 5.90. The molecule has 1 N–H and O–H groups in total. The van der Waals surface area contributed by atoms with Crippen molar-refractivity contribution in [1.29, 1.82) is 0 Å². The number of oxazole rings is 1. The van der Waals surface area contributed by atoms with E-state index >= 15 is 0 Å². The van der Waals surface area contributed by atoms with E-state index in [1.54, 1.807) is 6.26 Å². The molecule has 18 heavy (non-hydrogen) atoms. The van der Waals surface area contributed by atoms with Crippen LogP contribution in [-0.2, 0) is 11.2 Å². The van der Waals surface area contributed by atoms with Crippen molar-refractivity contribution in [3.63, 3.8) is 0 Å². The van der Waals surface area contributed by atoms with Gasteiger partial charge in [0.15, 0.2) is 6.39 Å². The Morgan fingerprint density at radius 2 is 2.22 bits per heavy atom. The Labute approximate surface area is 106 Å². The molecule has 1 heterocycles. The van der Waals surface area contributed by atoms with E-state index in [0.29, 0.717) is 12.8 Å². The van der Waals surface area contributed by atoms with Gasteiger partial charge in [0, 0.05) is 18.5 Å². The summed E-state index contributed by atoms with van der Waals surface area (Å²) in [6.07, 6.45) is 3.93. The van der Waals surface area contributed by atoms with E-state index in [9.17, 15) is 4.79 Å². The third kappa shape index (κ3) is 2.97. The molecule has 4 heteroatoms. The van der Waals surface area contributed by atoms with Crippen molar-refractivity contribution in [2.75, 3.05) is 5.32 Å². The van der Waals surface area contributed by atoms with Gasteiger partial charge in [-0.2, -0.15) is 0 Å². The van der Waals surface area contributed by atoms with Gasteiger partial charge in [-0.05, 0) is 31.0 Å². The Hall–Kier alpha value is -2.10. The average molecular weight is 244 g/mol. The zero-order valence-electron chi connectivity index (χ0n) is 10.6. The summed E-state index contributed by atoms with van der Waals surface area (Å²) in [6.45, 7) is 4.03. The van der Waals surface area contributed by atoms with Gasteiger partial charge in [0.1, 0.15) is 6.26 Å². The van der Waals surface area contributed by atoms with Crippen molar-refractivity contribution in [3.8, 4) is 0 Å². The highest BCUT2D eigenvalue weighted by Gasteiger charge is 2.07. The molecule has 2 aromatic rings. The van der Waals surface area contributed by atoms with Gasteiger partial charge in [-0.15, -0.1) is 0 Å². The number of amides is 1. The molecule has 0 spiro atoms. The fraction of sp³-hybridized carbons (Fsp3) is 0.286. The number of rotatable bonds is 4. The number of hydrogen-bond acceptors (Lipinski definition) is 3.